The molecule has 0 saturated carbocycles. The van der Waals surface area contributed by atoms with E-state index in [4.69, 9.17) is 8.83 Å². The standard InChI is InChI=1S/C22H12I2O2/c23-19-15-5-1-3-7-17(15)25-21(19)13-9-11-14(12-10-13)22-20(24)16-6-2-4-8-18(16)26-22/h1-12H. The molecule has 0 aliphatic carbocycles. The highest BCUT2D eigenvalue weighted by atomic mass is 127. The number of benzene rings is 3. The molecule has 5 rings (SSSR count). The number of furan rings is 2. The van der Waals surface area contributed by atoms with E-state index in [0.717, 1.165) is 51.7 Å². The van der Waals surface area contributed by atoms with Crippen molar-refractivity contribution in [1.29, 1.82) is 0 Å². The van der Waals surface area contributed by atoms with Crippen LogP contribution in [0.15, 0.2) is 81.6 Å². The number of fused-ring (bicyclic) bond motifs is 2. The van der Waals surface area contributed by atoms with Crippen LogP contribution in [0, 0.1) is 7.14 Å². The maximum Gasteiger partial charge on any atom is 0.148 e. The first kappa shape index (κ1) is 16.4. The molecule has 26 heavy (non-hydrogen) atoms. The lowest BCUT2D eigenvalue weighted by Gasteiger charge is -2.01. The third-order valence-corrected chi connectivity index (χ3v) is 6.62. The molecule has 0 bridgehead atoms. The number of rotatable bonds is 2. The van der Waals surface area contributed by atoms with E-state index in [0.29, 0.717) is 0 Å². The topological polar surface area (TPSA) is 26.3 Å². The minimum absolute atomic E-state index is 0.914. The molecule has 3 aromatic carbocycles. The van der Waals surface area contributed by atoms with E-state index < -0.39 is 0 Å². The Labute approximate surface area is 177 Å². The smallest absolute Gasteiger partial charge is 0.148 e. The van der Waals surface area contributed by atoms with Gasteiger partial charge < -0.3 is 8.83 Å². The Hall–Kier alpha value is -1.80. The van der Waals surface area contributed by atoms with Gasteiger partial charge in [0.15, 0.2) is 0 Å². The molecule has 2 heterocycles. The van der Waals surface area contributed by atoms with E-state index in [1.54, 1.807) is 0 Å². The first-order valence-electron chi connectivity index (χ1n) is 8.17. The zero-order valence-corrected chi connectivity index (χ0v) is 17.8. The first-order chi connectivity index (χ1) is 12.7. The van der Waals surface area contributed by atoms with E-state index >= 15 is 0 Å². The molecule has 0 fully saturated rings. The molecule has 0 unspecified atom stereocenters. The van der Waals surface area contributed by atoms with Crippen molar-refractivity contribution < 1.29 is 8.83 Å². The van der Waals surface area contributed by atoms with E-state index in [9.17, 15) is 0 Å². The third-order valence-electron chi connectivity index (χ3n) is 4.48. The Kier molecular flexibility index (Phi) is 4.04. The van der Waals surface area contributed by atoms with Crippen LogP contribution in [0.5, 0.6) is 0 Å². The number of hydrogen-bond acceptors (Lipinski definition) is 2. The molecule has 0 N–H and O–H groups in total. The van der Waals surface area contributed by atoms with Gasteiger partial charge in [0.05, 0.1) is 7.14 Å². The van der Waals surface area contributed by atoms with Gasteiger partial charge in [0.25, 0.3) is 0 Å². The summed E-state index contributed by atoms with van der Waals surface area (Å²) in [4.78, 5) is 0. The monoisotopic (exact) mass is 562 g/mol. The number of halogens is 2. The zero-order valence-electron chi connectivity index (χ0n) is 13.5. The summed E-state index contributed by atoms with van der Waals surface area (Å²) in [6.45, 7) is 0. The predicted octanol–water partition coefficient (Wildman–Crippen LogP) is 7.72. The van der Waals surface area contributed by atoms with Gasteiger partial charge in [0.1, 0.15) is 22.7 Å². The average molecular weight is 562 g/mol. The minimum atomic E-state index is 0.914. The molecule has 0 saturated heterocycles. The Morgan fingerprint density at radius 1 is 0.500 bits per heavy atom. The molecule has 126 valence electrons. The quantitative estimate of drug-likeness (QED) is 0.206. The van der Waals surface area contributed by atoms with Crippen molar-refractivity contribution in [3.05, 3.63) is 79.9 Å². The van der Waals surface area contributed by atoms with Gasteiger partial charge in [-0.15, -0.1) is 0 Å². The fourth-order valence-corrected chi connectivity index (χ4v) is 4.91. The van der Waals surface area contributed by atoms with Crippen LogP contribution in [0.25, 0.3) is 44.6 Å². The van der Waals surface area contributed by atoms with Crippen molar-refractivity contribution in [3.8, 4) is 22.6 Å². The van der Waals surface area contributed by atoms with Gasteiger partial charge in [-0.2, -0.15) is 0 Å². The van der Waals surface area contributed by atoms with Crippen LogP contribution in [0.2, 0.25) is 0 Å². The van der Waals surface area contributed by atoms with Crippen LogP contribution in [-0.2, 0) is 0 Å². The Morgan fingerprint density at radius 2 is 0.885 bits per heavy atom. The maximum atomic E-state index is 6.07. The van der Waals surface area contributed by atoms with Gasteiger partial charge in [0, 0.05) is 21.9 Å². The van der Waals surface area contributed by atoms with Gasteiger partial charge >= 0.3 is 0 Å². The van der Waals surface area contributed by atoms with Crippen molar-refractivity contribution in [2.24, 2.45) is 0 Å². The van der Waals surface area contributed by atoms with Gasteiger partial charge in [-0.3, -0.25) is 0 Å². The fraction of sp³-hybridized carbons (Fsp3) is 0. The summed E-state index contributed by atoms with van der Waals surface area (Å²) in [7, 11) is 0. The number of hydrogen-bond donors (Lipinski definition) is 0. The van der Waals surface area contributed by atoms with E-state index in [1.807, 2.05) is 36.4 Å². The highest BCUT2D eigenvalue weighted by Crippen LogP contribution is 2.37. The number of para-hydroxylation sites is 2. The lowest BCUT2D eigenvalue weighted by atomic mass is 10.1. The van der Waals surface area contributed by atoms with Crippen molar-refractivity contribution in [3.63, 3.8) is 0 Å². The summed E-state index contributed by atoms with van der Waals surface area (Å²) < 4.78 is 14.4. The summed E-state index contributed by atoms with van der Waals surface area (Å²) in [6.07, 6.45) is 0. The van der Waals surface area contributed by atoms with Crippen LogP contribution >= 0.6 is 45.2 Å². The SMILES string of the molecule is Ic1c(-c2ccc(-c3oc4ccccc4c3I)cc2)oc2ccccc12. The Bertz CT molecular complexity index is 1150. The Balaban J connectivity index is 1.60. The predicted molar refractivity (Wildman–Crippen MR) is 122 cm³/mol. The molecular weight excluding hydrogens is 550 g/mol. The largest absolute Gasteiger partial charge is 0.455 e. The van der Waals surface area contributed by atoms with E-state index in [2.05, 4.69) is 81.6 Å². The van der Waals surface area contributed by atoms with Crippen molar-refractivity contribution >= 4 is 67.1 Å². The van der Waals surface area contributed by atoms with Crippen molar-refractivity contribution in [2.75, 3.05) is 0 Å². The fourth-order valence-electron chi connectivity index (χ4n) is 3.17. The third kappa shape index (κ3) is 2.58. The van der Waals surface area contributed by atoms with Gasteiger partial charge in [-0.25, -0.2) is 0 Å². The van der Waals surface area contributed by atoms with Crippen LogP contribution in [0.3, 0.4) is 0 Å². The average Bonchev–Trinajstić information content (AvgIpc) is 3.20. The van der Waals surface area contributed by atoms with Crippen molar-refractivity contribution in [1.82, 2.24) is 0 Å². The summed E-state index contributed by atoms with van der Waals surface area (Å²) in [5, 5.41) is 2.30. The second-order valence-corrected chi connectivity index (χ2v) is 8.22. The summed E-state index contributed by atoms with van der Waals surface area (Å²) in [5.41, 5.74) is 3.98. The van der Waals surface area contributed by atoms with Crippen LogP contribution in [0.1, 0.15) is 0 Å². The molecular formula is C22H12I2O2. The molecule has 0 aliphatic heterocycles. The molecule has 4 heteroatoms. The molecule has 2 aromatic heterocycles. The lowest BCUT2D eigenvalue weighted by molar-refractivity contribution is 0.627. The van der Waals surface area contributed by atoms with E-state index in [-0.39, 0.29) is 0 Å². The molecule has 2 nitrogen and oxygen atoms in total. The van der Waals surface area contributed by atoms with Crippen LogP contribution < -0.4 is 0 Å². The zero-order chi connectivity index (χ0) is 17.7. The molecule has 5 aromatic rings. The van der Waals surface area contributed by atoms with E-state index in [1.165, 1.54) is 0 Å². The molecule has 0 aliphatic rings. The van der Waals surface area contributed by atoms with Crippen LogP contribution in [-0.4, -0.2) is 0 Å². The lowest BCUT2D eigenvalue weighted by Crippen LogP contribution is -1.80. The summed E-state index contributed by atoms with van der Waals surface area (Å²) in [6, 6.07) is 24.7. The molecule has 0 spiro atoms. The second-order valence-electron chi connectivity index (χ2n) is 6.06. The highest BCUT2D eigenvalue weighted by Gasteiger charge is 2.16. The Morgan fingerprint density at radius 3 is 1.27 bits per heavy atom. The normalized spacial score (nSPS) is 11.5. The summed E-state index contributed by atoms with van der Waals surface area (Å²) in [5.74, 6) is 1.83. The summed E-state index contributed by atoms with van der Waals surface area (Å²) >= 11 is 4.72. The van der Waals surface area contributed by atoms with Crippen LogP contribution in [0.4, 0.5) is 0 Å². The molecule has 0 atom stereocenters. The highest BCUT2D eigenvalue weighted by molar-refractivity contribution is 14.1. The second kappa shape index (κ2) is 6.42. The molecule has 0 amide bonds. The van der Waals surface area contributed by atoms with Crippen molar-refractivity contribution in [2.45, 2.75) is 0 Å². The minimum Gasteiger partial charge on any atom is -0.455 e. The van der Waals surface area contributed by atoms with Gasteiger partial charge in [-0.05, 0) is 57.3 Å². The maximum absolute atomic E-state index is 6.07. The first-order valence-corrected chi connectivity index (χ1v) is 10.3. The van der Waals surface area contributed by atoms with Gasteiger partial charge in [-0.1, -0.05) is 60.7 Å². The van der Waals surface area contributed by atoms with Gasteiger partial charge in [0.2, 0.25) is 0 Å². The molecule has 0 radical (unpaired) electrons.